The van der Waals surface area contributed by atoms with E-state index in [2.05, 4.69) is 0 Å². The van der Waals surface area contributed by atoms with Gasteiger partial charge < -0.3 is 10.0 Å². The molecular weight excluding hydrogens is 386 g/mol. The van der Waals surface area contributed by atoms with Gasteiger partial charge in [0, 0.05) is 19.2 Å². The van der Waals surface area contributed by atoms with E-state index in [0.717, 1.165) is 22.0 Å². The first-order valence-corrected chi connectivity index (χ1v) is 9.96. The summed E-state index contributed by atoms with van der Waals surface area (Å²) in [6, 6.07) is 13.4. The minimum atomic E-state index is -4.28. The van der Waals surface area contributed by atoms with Crippen LogP contribution in [0.3, 0.4) is 0 Å². The van der Waals surface area contributed by atoms with Crippen LogP contribution in [-0.2, 0) is 21.4 Å². The van der Waals surface area contributed by atoms with Crippen LogP contribution in [0.4, 0.5) is 5.69 Å². The Labute approximate surface area is 162 Å². The molecule has 1 aliphatic heterocycles. The zero-order valence-corrected chi connectivity index (χ0v) is 15.7. The molecule has 1 amide bonds. The van der Waals surface area contributed by atoms with Crippen LogP contribution in [0, 0.1) is 10.1 Å². The summed E-state index contributed by atoms with van der Waals surface area (Å²) in [5.41, 5.74) is 0.298. The summed E-state index contributed by atoms with van der Waals surface area (Å²) >= 11 is 0. The normalized spacial score (nSPS) is 18.2. The molecule has 0 saturated carbocycles. The lowest BCUT2D eigenvalue weighted by atomic mass is 10.1. The van der Waals surface area contributed by atoms with Crippen LogP contribution in [0.1, 0.15) is 5.56 Å². The van der Waals surface area contributed by atoms with E-state index in [1.54, 1.807) is 0 Å². The first kappa shape index (κ1) is 19.9. The summed E-state index contributed by atoms with van der Waals surface area (Å²) in [5, 5.41) is 20.9. The lowest BCUT2D eigenvalue weighted by molar-refractivity contribution is -0.387. The molecule has 0 bridgehead atoms. The van der Waals surface area contributed by atoms with E-state index in [1.165, 1.54) is 17.0 Å². The van der Waals surface area contributed by atoms with Gasteiger partial charge in [-0.3, -0.25) is 14.9 Å². The number of nitrogens with zero attached hydrogens (tertiary/aromatic N) is 3. The zero-order chi connectivity index (χ0) is 20.3. The summed E-state index contributed by atoms with van der Waals surface area (Å²) in [5.74, 6) is -0.476. The van der Waals surface area contributed by atoms with Crippen molar-refractivity contribution in [3.05, 3.63) is 70.3 Å². The highest BCUT2D eigenvalue weighted by Crippen LogP contribution is 2.28. The fourth-order valence-electron chi connectivity index (χ4n) is 3.15. The van der Waals surface area contributed by atoms with Crippen LogP contribution in [-0.4, -0.2) is 59.3 Å². The van der Waals surface area contributed by atoms with Crippen LogP contribution < -0.4 is 0 Å². The number of rotatable bonds is 6. The Kier molecular flexibility index (Phi) is 5.73. The van der Waals surface area contributed by atoms with Crippen LogP contribution in [0.2, 0.25) is 0 Å². The summed E-state index contributed by atoms with van der Waals surface area (Å²) < 4.78 is 26.8. The number of benzene rings is 2. The van der Waals surface area contributed by atoms with Crippen molar-refractivity contribution in [2.24, 2.45) is 0 Å². The summed E-state index contributed by atoms with van der Waals surface area (Å²) in [4.78, 5) is 24.0. The molecule has 2 aromatic rings. The quantitative estimate of drug-likeness (QED) is 0.565. The van der Waals surface area contributed by atoms with Gasteiger partial charge in [-0.05, 0) is 11.6 Å². The predicted octanol–water partition coefficient (Wildman–Crippen LogP) is 0.989. The summed E-state index contributed by atoms with van der Waals surface area (Å²) in [6.07, 6.45) is 0. The number of aliphatic hydroxyl groups is 1. The molecule has 1 N–H and O–H groups in total. The molecule has 0 spiro atoms. The maximum absolute atomic E-state index is 13.0. The molecule has 1 saturated heterocycles. The van der Waals surface area contributed by atoms with Gasteiger partial charge in [0.05, 0.1) is 24.1 Å². The van der Waals surface area contributed by atoms with Crippen molar-refractivity contribution < 1.29 is 23.2 Å². The molecule has 3 rings (SSSR count). The molecule has 0 aliphatic carbocycles. The van der Waals surface area contributed by atoms with Gasteiger partial charge in [0.25, 0.3) is 5.69 Å². The molecule has 0 aromatic heterocycles. The Morgan fingerprint density at radius 3 is 2.39 bits per heavy atom. The van der Waals surface area contributed by atoms with E-state index >= 15 is 0 Å². The lowest BCUT2D eigenvalue weighted by Crippen LogP contribution is -2.58. The molecule has 148 valence electrons. The lowest BCUT2D eigenvalue weighted by Gasteiger charge is -2.39. The van der Waals surface area contributed by atoms with Crippen molar-refractivity contribution in [3.63, 3.8) is 0 Å². The third-order valence-corrected chi connectivity index (χ3v) is 6.43. The number of amides is 1. The largest absolute Gasteiger partial charge is 0.394 e. The minimum absolute atomic E-state index is 0.149. The van der Waals surface area contributed by atoms with E-state index in [4.69, 9.17) is 0 Å². The van der Waals surface area contributed by atoms with Crippen molar-refractivity contribution in [2.75, 3.05) is 19.7 Å². The van der Waals surface area contributed by atoms with Gasteiger partial charge in [-0.15, -0.1) is 0 Å². The third-order valence-electron chi connectivity index (χ3n) is 4.57. The molecular formula is C18H19N3O6S. The zero-order valence-electron chi connectivity index (χ0n) is 14.8. The number of sulfonamides is 1. The van der Waals surface area contributed by atoms with E-state index < -0.39 is 50.6 Å². The number of carbonyl (C=O) groups excluding carboxylic acids is 1. The molecule has 1 atom stereocenters. The van der Waals surface area contributed by atoms with Crippen molar-refractivity contribution in [1.29, 1.82) is 0 Å². The number of piperazine rings is 1. The second-order valence-corrected chi connectivity index (χ2v) is 8.27. The number of nitro benzene ring substituents is 1. The van der Waals surface area contributed by atoms with Crippen LogP contribution in [0.25, 0.3) is 0 Å². The van der Waals surface area contributed by atoms with Gasteiger partial charge in [0.15, 0.2) is 4.90 Å². The predicted molar refractivity (Wildman–Crippen MR) is 99.7 cm³/mol. The van der Waals surface area contributed by atoms with Gasteiger partial charge in [0.1, 0.15) is 0 Å². The molecule has 10 heteroatoms. The molecule has 9 nitrogen and oxygen atoms in total. The van der Waals surface area contributed by atoms with Crippen molar-refractivity contribution in [2.45, 2.75) is 17.5 Å². The Morgan fingerprint density at radius 1 is 1.11 bits per heavy atom. The fraction of sp³-hybridized carbons (Fsp3) is 0.278. The van der Waals surface area contributed by atoms with Gasteiger partial charge in [0.2, 0.25) is 15.9 Å². The van der Waals surface area contributed by atoms with Crippen molar-refractivity contribution in [1.82, 2.24) is 9.21 Å². The average molecular weight is 405 g/mol. The first-order chi connectivity index (χ1) is 13.3. The number of nitro groups is 1. The fourth-order valence-corrected chi connectivity index (χ4v) is 4.73. The number of hydrogen-bond donors (Lipinski definition) is 1. The highest BCUT2D eigenvalue weighted by atomic mass is 32.2. The van der Waals surface area contributed by atoms with Crippen LogP contribution >= 0.6 is 0 Å². The minimum Gasteiger partial charge on any atom is -0.394 e. The Hall–Kier alpha value is -2.82. The molecule has 0 unspecified atom stereocenters. The monoisotopic (exact) mass is 405 g/mol. The Balaban J connectivity index is 1.88. The highest BCUT2D eigenvalue weighted by molar-refractivity contribution is 7.89. The summed E-state index contributed by atoms with van der Waals surface area (Å²) in [7, 11) is -4.28. The van der Waals surface area contributed by atoms with E-state index in [1.807, 2.05) is 30.3 Å². The summed E-state index contributed by atoms with van der Waals surface area (Å²) in [6.45, 7) is -0.785. The number of hydrogen-bond acceptors (Lipinski definition) is 6. The molecule has 1 fully saturated rings. The maximum Gasteiger partial charge on any atom is 0.289 e. The van der Waals surface area contributed by atoms with Gasteiger partial charge >= 0.3 is 0 Å². The van der Waals surface area contributed by atoms with Crippen LogP contribution in [0.5, 0.6) is 0 Å². The Bertz CT molecular complexity index is 980. The highest BCUT2D eigenvalue weighted by Gasteiger charge is 2.40. The molecule has 1 heterocycles. The first-order valence-electron chi connectivity index (χ1n) is 8.52. The number of carbonyl (C=O) groups is 1. The number of aliphatic hydroxyl groups excluding tert-OH is 1. The topological polar surface area (TPSA) is 121 Å². The molecule has 0 radical (unpaired) electrons. The second-order valence-electron chi connectivity index (χ2n) is 6.37. The molecule has 28 heavy (non-hydrogen) atoms. The average Bonchev–Trinajstić information content (AvgIpc) is 2.70. The molecule has 1 aliphatic rings. The SMILES string of the molecule is O=C1CN(S(=O)(=O)c2ccccc2[N+](=O)[O-])C[C@H](CO)N1Cc1ccccc1. The van der Waals surface area contributed by atoms with Gasteiger partial charge in [-0.1, -0.05) is 42.5 Å². The van der Waals surface area contributed by atoms with Gasteiger partial charge in [-0.25, -0.2) is 8.42 Å². The maximum atomic E-state index is 13.0. The second kappa shape index (κ2) is 8.05. The third kappa shape index (κ3) is 3.88. The Morgan fingerprint density at radius 2 is 1.75 bits per heavy atom. The standard InChI is InChI=1S/C18H19N3O6S/c22-13-15-11-19(12-18(23)20(15)10-14-6-2-1-3-7-14)28(26,27)17-9-5-4-8-16(17)21(24)25/h1-9,15,22H,10-13H2/t15-/m1/s1. The van der Waals surface area contributed by atoms with Crippen molar-refractivity contribution in [3.8, 4) is 0 Å². The molecule has 2 aromatic carbocycles. The number of para-hydroxylation sites is 1. The smallest absolute Gasteiger partial charge is 0.289 e. The van der Waals surface area contributed by atoms with Gasteiger partial charge in [-0.2, -0.15) is 4.31 Å². The van der Waals surface area contributed by atoms with Crippen LogP contribution in [0.15, 0.2) is 59.5 Å². The van der Waals surface area contributed by atoms with Crippen molar-refractivity contribution >= 4 is 21.6 Å². The van der Waals surface area contributed by atoms with E-state index in [9.17, 15) is 28.4 Å². The van der Waals surface area contributed by atoms with E-state index in [0.29, 0.717) is 0 Å². The van der Waals surface area contributed by atoms with E-state index in [-0.39, 0.29) is 13.1 Å².